The molecule has 0 radical (unpaired) electrons. The minimum Gasteiger partial charge on any atom is -0.313 e. The minimum absolute atomic E-state index is 0.890. The van der Waals surface area contributed by atoms with E-state index < -0.39 is 0 Å². The van der Waals surface area contributed by atoms with E-state index in [1.54, 1.807) is 0 Å². The maximum Gasteiger partial charge on any atom is 0.0713 e. The molecule has 0 aliphatic heterocycles. The minimum atomic E-state index is 0.890. The van der Waals surface area contributed by atoms with E-state index in [0.29, 0.717) is 0 Å². The first-order valence-electron chi connectivity index (χ1n) is 6.08. The van der Waals surface area contributed by atoms with Gasteiger partial charge in [0.25, 0.3) is 0 Å². The van der Waals surface area contributed by atoms with E-state index >= 15 is 0 Å². The Morgan fingerprint density at radius 3 is 2.71 bits per heavy atom. The van der Waals surface area contributed by atoms with Gasteiger partial charge in [-0.25, -0.2) is 0 Å². The van der Waals surface area contributed by atoms with Crippen LogP contribution in [0.1, 0.15) is 29.4 Å². The predicted molar refractivity (Wildman–Crippen MR) is 70.0 cm³/mol. The highest BCUT2D eigenvalue weighted by Crippen LogP contribution is 2.14. The summed E-state index contributed by atoms with van der Waals surface area (Å²) in [5.74, 6) is 0. The fraction of sp³-hybridized carbons (Fsp3) is 0.357. The molecule has 0 atom stereocenters. The molecule has 17 heavy (non-hydrogen) atoms. The number of nitrogens with one attached hydrogen (secondary N) is 2. The fourth-order valence-corrected chi connectivity index (χ4v) is 1.92. The number of nitrogens with zero attached hydrogens (tertiary/aromatic N) is 1. The Hall–Kier alpha value is -1.61. The molecule has 3 heteroatoms. The Kier molecular flexibility index (Phi) is 3.94. The molecule has 0 saturated heterocycles. The largest absolute Gasteiger partial charge is 0.313 e. The molecule has 1 aromatic heterocycles. The number of H-pyrrole nitrogens is 1. The molecule has 2 rings (SSSR count). The number of hydrogen-bond donors (Lipinski definition) is 2. The number of aromatic nitrogens is 2. The van der Waals surface area contributed by atoms with Crippen molar-refractivity contribution in [3.8, 4) is 0 Å². The number of benzene rings is 1. The zero-order valence-electron chi connectivity index (χ0n) is 10.5. The topological polar surface area (TPSA) is 40.7 Å². The summed E-state index contributed by atoms with van der Waals surface area (Å²) in [5, 5.41) is 10.8. The van der Waals surface area contributed by atoms with Gasteiger partial charge in [0.05, 0.1) is 5.69 Å². The van der Waals surface area contributed by atoms with Crippen molar-refractivity contribution in [3.63, 3.8) is 0 Å². The van der Waals surface area contributed by atoms with E-state index in [0.717, 1.165) is 30.9 Å². The third-order valence-corrected chi connectivity index (χ3v) is 2.93. The Balaban J connectivity index is 2.15. The second-order valence-electron chi connectivity index (χ2n) is 4.22. The summed E-state index contributed by atoms with van der Waals surface area (Å²) in [6, 6.07) is 10.5. The summed E-state index contributed by atoms with van der Waals surface area (Å²) in [5.41, 5.74) is 4.92. The zero-order valence-corrected chi connectivity index (χ0v) is 10.5. The van der Waals surface area contributed by atoms with Gasteiger partial charge in [0.2, 0.25) is 0 Å². The zero-order chi connectivity index (χ0) is 12.1. The Bertz CT molecular complexity index is 460. The van der Waals surface area contributed by atoms with Crippen molar-refractivity contribution in [2.24, 2.45) is 0 Å². The van der Waals surface area contributed by atoms with Gasteiger partial charge in [0.1, 0.15) is 0 Å². The van der Waals surface area contributed by atoms with Crippen LogP contribution in [0.25, 0.3) is 0 Å². The van der Waals surface area contributed by atoms with Gasteiger partial charge in [0.15, 0.2) is 0 Å². The molecular weight excluding hydrogens is 210 g/mol. The SMILES string of the molecule is CCNCc1c(Cc2ccccc2)n[nH]c1C. The molecule has 0 saturated carbocycles. The molecule has 0 amide bonds. The van der Waals surface area contributed by atoms with Crippen LogP contribution in [0.3, 0.4) is 0 Å². The molecule has 0 unspecified atom stereocenters. The second kappa shape index (κ2) is 5.64. The average molecular weight is 229 g/mol. The monoisotopic (exact) mass is 229 g/mol. The Labute approximate surface area is 102 Å². The molecule has 0 aliphatic rings. The van der Waals surface area contributed by atoms with Gasteiger partial charge in [-0.1, -0.05) is 37.3 Å². The van der Waals surface area contributed by atoms with Crippen molar-refractivity contribution < 1.29 is 0 Å². The summed E-state index contributed by atoms with van der Waals surface area (Å²) in [4.78, 5) is 0. The lowest BCUT2D eigenvalue weighted by Gasteiger charge is -2.04. The molecular formula is C14H19N3. The molecule has 0 bridgehead atoms. The van der Waals surface area contributed by atoms with Crippen LogP contribution in [0.4, 0.5) is 0 Å². The van der Waals surface area contributed by atoms with Crippen molar-refractivity contribution >= 4 is 0 Å². The first kappa shape index (κ1) is 11.9. The molecule has 1 heterocycles. The van der Waals surface area contributed by atoms with Gasteiger partial charge in [-0.05, 0) is 19.0 Å². The number of aryl methyl sites for hydroxylation is 1. The van der Waals surface area contributed by atoms with Crippen LogP contribution in [0.5, 0.6) is 0 Å². The standard InChI is InChI=1S/C14H19N3/c1-3-15-10-13-11(2)16-17-14(13)9-12-7-5-4-6-8-12/h4-8,15H,3,9-10H2,1-2H3,(H,16,17). The lowest BCUT2D eigenvalue weighted by molar-refractivity contribution is 0.718. The van der Waals surface area contributed by atoms with Crippen molar-refractivity contribution in [1.29, 1.82) is 0 Å². The first-order valence-corrected chi connectivity index (χ1v) is 6.08. The van der Waals surface area contributed by atoms with Gasteiger partial charge >= 0.3 is 0 Å². The summed E-state index contributed by atoms with van der Waals surface area (Å²) in [7, 11) is 0. The van der Waals surface area contributed by atoms with Crippen molar-refractivity contribution in [2.75, 3.05) is 6.54 Å². The lowest BCUT2D eigenvalue weighted by Crippen LogP contribution is -2.13. The van der Waals surface area contributed by atoms with Crippen LogP contribution in [0.2, 0.25) is 0 Å². The smallest absolute Gasteiger partial charge is 0.0713 e. The summed E-state index contributed by atoms with van der Waals surface area (Å²) in [6.07, 6.45) is 0.895. The van der Waals surface area contributed by atoms with Gasteiger partial charge < -0.3 is 5.32 Å². The maximum absolute atomic E-state index is 4.40. The molecule has 2 aromatic rings. The summed E-state index contributed by atoms with van der Waals surface area (Å²) < 4.78 is 0. The van der Waals surface area contributed by atoms with E-state index in [-0.39, 0.29) is 0 Å². The highest BCUT2D eigenvalue weighted by molar-refractivity contribution is 5.30. The van der Waals surface area contributed by atoms with Crippen LogP contribution in [0, 0.1) is 6.92 Å². The summed E-state index contributed by atoms with van der Waals surface area (Å²) in [6.45, 7) is 6.07. The quantitative estimate of drug-likeness (QED) is 0.826. The first-order chi connectivity index (χ1) is 8.31. The van der Waals surface area contributed by atoms with Gasteiger partial charge in [-0.2, -0.15) is 5.10 Å². The van der Waals surface area contributed by atoms with Crippen molar-refractivity contribution in [2.45, 2.75) is 26.8 Å². The highest BCUT2D eigenvalue weighted by Gasteiger charge is 2.09. The van der Waals surface area contributed by atoms with Crippen molar-refractivity contribution in [3.05, 3.63) is 52.8 Å². The van der Waals surface area contributed by atoms with Crippen LogP contribution in [-0.4, -0.2) is 16.7 Å². The van der Waals surface area contributed by atoms with Gasteiger partial charge in [-0.3, -0.25) is 5.10 Å². The number of hydrogen-bond acceptors (Lipinski definition) is 2. The third-order valence-electron chi connectivity index (χ3n) is 2.93. The van der Waals surface area contributed by atoms with Gasteiger partial charge in [0, 0.05) is 24.2 Å². The molecule has 2 N–H and O–H groups in total. The third kappa shape index (κ3) is 2.94. The molecule has 1 aromatic carbocycles. The van der Waals surface area contributed by atoms with Crippen LogP contribution in [-0.2, 0) is 13.0 Å². The molecule has 90 valence electrons. The van der Waals surface area contributed by atoms with E-state index in [4.69, 9.17) is 0 Å². The molecule has 0 aliphatic carbocycles. The van der Waals surface area contributed by atoms with E-state index in [1.807, 2.05) is 6.07 Å². The van der Waals surface area contributed by atoms with E-state index in [1.165, 1.54) is 11.1 Å². The molecule has 0 spiro atoms. The predicted octanol–water partition coefficient (Wildman–Crippen LogP) is 2.42. The van der Waals surface area contributed by atoms with Crippen LogP contribution >= 0.6 is 0 Å². The Morgan fingerprint density at radius 2 is 2.00 bits per heavy atom. The maximum atomic E-state index is 4.40. The molecule has 0 fully saturated rings. The second-order valence-corrected chi connectivity index (χ2v) is 4.22. The van der Waals surface area contributed by atoms with Crippen LogP contribution in [0.15, 0.2) is 30.3 Å². The number of aromatic amines is 1. The summed E-state index contributed by atoms with van der Waals surface area (Å²) >= 11 is 0. The van der Waals surface area contributed by atoms with Crippen molar-refractivity contribution in [1.82, 2.24) is 15.5 Å². The van der Waals surface area contributed by atoms with Crippen LogP contribution < -0.4 is 5.32 Å². The molecule has 3 nitrogen and oxygen atoms in total. The highest BCUT2D eigenvalue weighted by atomic mass is 15.1. The van der Waals surface area contributed by atoms with E-state index in [2.05, 4.69) is 53.6 Å². The Morgan fingerprint density at radius 1 is 1.24 bits per heavy atom. The average Bonchev–Trinajstić information content (AvgIpc) is 2.69. The number of rotatable bonds is 5. The fourth-order valence-electron chi connectivity index (χ4n) is 1.92. The normalized spacial score (nSPS) is 10.7. The lowest BCUT2D eigenvalue weighted by atomic mass is 10.1. The van der Waals surface area contributed by atoms with Gasteiger partial charge in [-0.15, -0.1) is 0 Å². The van der Waals surface area contributed by atoms with E-state index in [9.17, 15) is 0 Å².